The minimum Gasteiger partial charge on any atom is -0.347 e. The van der Waals surface area contributed by atoms with Gasteiger partial charge in [-0.3, -0.25) is 9.59 Å². The van der Waals surface area contributed by atoms with E-state index < -0.39 is 6.04 Å². The number of carbonyl (C=O) groups excluding carboxylic acids is 2. The molecule has 0 bridgehead atoms. The molecule has 1 saturated heterocycles. The molecule has 5 heteroatoms. The first-order valence-electron chi connectivity index (χ1n) is 6.76. The van der Waals surface area contributed by atoms with Gasteiger partial charge in [-0.15, -0.1) is 0 Å². The number of likely N-dealkylation sites (N-methyl/N-ethyl adjacent to an activating group) is 1. The highest BCUT2D eigenvalue weighted by atomic mass is 16.2. The van der Waals surface area contributed by atoms with Crippen molar-refractivity contribution < 1.29 is 9.59 Å². The van der Waals surface area contributed by atoms with Gasteiger partial charge in [0, 0.05) is 20.6 Å². The molecule has 5 nitrogen and oxygen atoms in total. The van der Waals surface area contributed by atoms with Gasteiger partial charge in [0.15, 0.2) is 0 Å². The molecule has 2 N–H and O–H groups in total. The van der Waals surface area contributed by atoms with Crippen molar-refractivity contribution in [3.05, 3.63) is 0 Å². The van der Waals surface area contributed by atoms with Crippen molar-refractivity contribution >= 4 is 11.8 Å². The third kappa shape index (κ3) is 3.45. The van der Waals surface area contributed by atoms with Crippen molar-refractivity contribution in [2.24, 2.45) is 5.73 Å². The third-order valence-electron chi connectivity index (χ3n) is 3.45. The van der Waals surface area contributed by atoms with E-state index in [1.54, 1.807) is 23.9 Å². The van der Waals surface area contributed by atoms with Gasteiger partial charge in [0.2, 0.25) is 11.8 Å². The van der Waals surface area contributed by atoms with E-state index in [2.05, 4.69) is 6.92 Å². The van der Waals surface area contributed by atoms with Crippen molar-refractivity contribution in [1.82, 2.24) is 9.80 Å². The summed E-state index contributed by atoms with van der Waals surface area (Å²) in [4.78, 5) is 27.4. The van der Waals surface area contributed by atoms with Gasteiger partial charge in [0.25, 0.3) is 0 Å². The molecule has 2 unspecified atom stereocenters. The summed E-state index contributed by atoms with van der Waals surface area (Å²) in [7, 11) is 3.45. The zero-order valence-corrected chi connectivity index (χ0v) is 11.7. The molecule has 1 aliphatic rings. The predicted octanol–water partition coefficient (Wildman–Crippen LogP) is 0.583. The molecule has 1 aliphatic heterocycles. The first kappa shape index (κ1) is 15.0. The molecule has 1 fully saturated rings. The second-order valence-corrected chi connectivity index (χ2v) is 5.17. The van der Waals surface area contributed by atoms with E-state index in [1.807, 2.05) is 0 Å². The molecular formula is C13H25N3O2. The van der Waals surface area contributed by atoms with Crippen LogP contribution in [0.3, 0.4) is 0 Å². The van der Waals surface area contributed by atoms with Crippen LogP contribution >= 0.6 is 0 Å². The number of nitrogens with zero attached hydrogens (tertiary/aromatic N) is 2. The summed E-state index contributed by atoms with van der Waals surface area (Å²) < 4.78 is 0. The largest absolute Gasteiger partial charge is 0.347 e. The number of hydrogen-bond donors (Lipinski definition) is 1. The molecule has 0 aromatic rings. The van der Waals surface area contributed by atoms with Gasteiger partial charge in [-0.1, -0.05) is 19.8 Å². The zero-order chi connectivity index (χ0) is 13.7. The molecule has 0 spiro atoms. The third-order valence-corrected chi connectivity index (χ3v) is 3.45. The Morgan fingerprint density at radius 3 is 2.67 bits per heavy atom. The van der Waals surface area contributed by atoms with E-state index in [0.717, 1.165) is 25.7 Å². The van der Waals surface area contributed by atoms with Crippen molar-refractivity contribution in [2.45, 2.75) is 51.1 Å². The highest BCUT2D eigenvalue weighted by molar-refractivity contribution is 5.90. The molecular weight excluding hydrogens is 230 g/mol. The van der Waals surface area contributed by atoms with Crippen LogP contribution in [0.2, 0.25) is 0 Å². The molecule has 18 heavy (non-hydrogen) atoms. The Balaban J connectivity index is 2.63. The summed E-state index contributed by atoms with van der Waals surface area (Å²) in [6.07, 6.45) is 4.32. The van der Waals surface area contributed by atoms with Crippen LogP contribution in [0.15, 0.2) is 0 Å². The van der Waals surface area contributed by atoms with Gasteiger partial charge in [0.05, 0.1) is 6.04 Å². The summed E-state index contributed by atoms with van der Waals surface area (Å²) >= 11 is 0. The van der Waals surface area contributed by atoms with Crippen molar-refractivity contribution in [3.63, 3.8) is 0 Å². The predicted molar refractivity (Wildman–Crippen MR) is 70.9 cm³/mol. The monoisotopic (exact) mass is 255 g/mol. The van der Waals surface area contributed by atoms with E-state index in [9.17, 15) is 9.59 Å². The molecule has 0 radical (unpaired) electrons. The standard InChI is InChI=1S/C13H25N3O2/c1-4-5-7-10(14)12(17)16-9-6-8-11(16)13(18)15(2)3/h10-11H,4-9,14H2,1-3H3. The first-order chi connectivity index (χ1) is 8.49. The minimum absolute atomic E-state index is 0.00328. The smallest absolute Gasteiger partial charge is 0.244 e. The fourth-order valence-corrected chi connectivity index (χ4v) is 2.35. The maximum absolute atomic E-state index is 12.2. The van der Waals surface area contributed by atoms with Crippen LogP contribution in [-0.4, -0.2) is 54.3 Å². The molecule has 104 valence electrons. The number of likely N-dealkylation sites (tertiary alicyclic amines) is 1. The van der Waals surface area contributed by atoms with Gasteiger partial charge in [0.1, 0.15) is 6.04 Å². The quantitative estimate of drug-likeness (QED) is 0.781. The Bertz CT molecular complexity index is 305. The normalized spacial score (nSPS) is 20.9. The summed E-state index contributed by atoms with van der Waals surface area (Å²) in [6.45, 7) is 2.73. The number of unbranched alkanes of at least 4 members (excludes halogenated alkanes) is 1. The molecule has 0 aliphatic carbocycles. The van der Waals surface area contributed by atoms with Crippen LogP contribution in [0, 0.1) is 0 Å². The highest BCUT2D eigenvalue weighted by Gasteiger charge is 2.36. The summed E-state index contributed by atoms with van der Waals surface area (Å²) in [5.74, 6) is -0.0651. The minimum atomic E-state index is -0.458. The second kappa shape index (κ2) is 6.73. The number of rotatable bonds is 5. The van der Waals surface area contributed by atoms with E-state index in [4.69, 9.17) is 5.73 Å². The van der Waals surface area contributed by atoms with Gasteiger partial charge in [-0.2, -0.15) is 0 Å². The Hall–Kier alpha value is -1.10. The summed E-state index contributed by atoms with van der Waals surface area (Å²) in [5, 5.41) is 0. The number of hydrogen-bond acceptors (Lipinski definition) is 3. The first-order valence-corrected chi connectivity index (χ1v) is 6.76. The van der Waals surface area contributed by atoms with Gasteiger partial charge in [-0.25, -0.2) is 0 Å². The molecule has 0 saturated carbocycles. The molecule has 0 aromatic heterocycles. The molecule has 1 rings (SSSR count). The van der Waals surface area contributed by atoms with Crippen LogP contribution in [0.25, 0.3) is 0 Å². The Morgan fingerprint density at radius 1 is 1.44 bits per heavy atom. The lowest BCUT2D eigenvalue weighted by Gasteiger charge is -2.28. The fraction of sp³-hybridized carbons (Fsp3) is 0.846. The number of amides is 2. The van der Waals surface area contributed by atoms with Crippen LogP contribution in [0.4, 0.5) is 0 Å². The van der Waals surface area contributed by atoms with E-state index in [-0.39, 0.29) is 17.9 Å². The molecule has 2 atom stereocenters. The lowest BCUT2D eigenvalue weighted by molar-refractivity contribution is -0.143. The van der Waals surface area contributed by atoms with Gasteiger partial charge < -0.3 is 15.5 Å². The maximum Gasteiger partial charge on any atom is 0.244 e. The van der Waals surface area contributed by atoms with Crippen molar-refractivity contribution in [2.75, 3.05) is 20.6 Å². The van der Waals surface area contributed by atoms with Crippen molar-refractivity contribution in [3.8, 4) is 0 Å². The number of nitrogens with two attached hydrogens (primary N) is 1. The van der Waals surface area contributed by atoms with Crippen LogP contribution < -0.4 is 5.73 Å². The average Bonchev–Trinajstić information content (AvgIpc) is 2.82. The SMILES string of the molecule is CCCCC(N)C(=O)N1CCCC1C(=O)N(C)C. The molecule has 2 amide bonds. The lowest BCUT2D eigenvalue weighted by atomic mass is 10.1. The lowest BCUT2D eigenvalue weighted by Crippen LogP contribution is -2.50. The van der Waals surface area contributed by atoms with E-state index in [0.29, 0.717) is 13.0 Å². The van der Waals surface area contributed by atoms with Crippen LogP contribution in [0.1, 0.15) is 39.0 Å². The Morgan fingerprint density at radius 2 is 2.11 bits per heavy atom. The van der Waals surface area contributed by atoms with Crippen LogP contribution in [0.5, 0.6) is 0 Å². The second-order valence-electron chi connectivity index (χ2n) is 5.17. The van der Waals surface area contributed by atoms with E-state index in [1.165, 1.54) is 0 Å². The van der Waals surface area contributed by atoms with Crippen molar-refractivity contribution in [1.29, 1.82) is 0 Å². The number of carbonyl (C=O) groups is 2. The average molecular weight is 255 g/mol. The van der Waals surface area contributed by atoms with Crippen LogP contribution in [-0.2, 0) is 9.59 Å². The molecule has 1 heterocycles. The fourth-order valence-electron chi connectivity index (χ4n) is 2.35. The molecule has 0 aromatic carbocycles. The maximum atomic E-state index is 12.2. The van der Waals surface area contributed by atoms with E-state index >= 15 is 0 Å². The Kier molecular flexibility index (Phi) is 5.59. The zero-order valence-electron chi connectivity index (χ0n) is 11.7. The van der Waals surface area contributed by atoms with Gasteiger partial charge >= 0.3 is 0 Å². The topological polar surface area (TPSA) is 66.6 Å². The summed E-state index contributed by atoms with van der Waals surface area (Å²) in [6, 6.07) is -0.763. The van der Waals surface area contributed by atoms with Gasteiger partial charge in [-0.05, 0) is 19.3 Å². The highest BCUT2D eigenvalue weighted by Crippen LogP contribution is 2.20. The summed E-state index contributed by atoms with van der Waals surface area (Å²) in [5.41, 5.74) is 5.91. The Labute approximate surface area is 109 Å².